The van der Waals surface area contributed by atoms with Crippen molar-refractivity contribution in [2.45, 2.75) is 105 Å². The van der Waals surface area contributed by atoms with Crippen LogP contribution in [0.3, 0.4) is 0 Å². The summed E-state index contributed by atoms with van der Waals surface area (Å²) < 4.78 is 5.38. The summed E-state index contributed by atoms with van der Waals surface area (Å²) in [6, 6.07) is 5.66. The number of unbranched alkanes of at least 4 members (excludes halogenated alkanes) is 1. The monoisotopic (exact) mass is 521 g/mol. The molecule has 0 bridgehead atoms. The van der Waals surface area contributed by atoms with Gasteiger partial charge in [0, 0.05) is 18.3 Å². The van der Waals surface area contributed by atoms with Crippen molar-refractivity contribution in [3.8, 4) is 0 Å². The fraction of sp³-hybridized carbons (Fsp3) is 0.679. The Morgan fingerprint density at radius 1 is 1.11 bits per heavy atom. The lowest BCUT2D eigenvalue weighted by Gasteiger charge is -2.38. The van der Waals surface area contributed by atoms with E-state index < -0.39 is 23.8 Å². The van der Waals surface area contributed by atoms with Gasteiger partial charge in [0.2, 0.25) is 11.8 Å². The Bertz CT molecular complexity index is 853. The van der Waals surface area contributed by atoms with Crippen LogP contribution in [0.25, 0.3) is 0 Å². The molecule has 0 heterocycles. The lowest BCUT2D eigenvalue weighted by Crippen LogP contribution is -2.56. The van der Waals surface area contributed by atoms with Gasteiger partial charge in [-0.2, -0.15) is 12.6 Å². The lowest BCUT2D eigenvalue weighted by molar-refractivity contribution is -0.144. The molecule has 0 aromatic heterocycles. The molecular weight excluding hydrogens is 474 g/mol. The van der Waals surface area contributed by atoms with Gasteiger partial charge in [-0.1, -0.05) is 57.0 Å². The molecule has 3 atom stereocenters. The average molecular weight is 522 g/mol. The Morgan fingerprint density at radius 2 is 1.78 bits per heavy atom. The maximum Gasteiger partial charge on any atom is 0.408 e. The van der Waals surface area contributed by atoms with Gasteiger partial charge in [0.1, 0.15) is 17.7 Å². The Labute approximate surface area is 223 Å². The second-order valence-electron chi connectivity index (χ2n) is 10.9. The molecule has 0 spiro atoms. The molecule has 7 nitrogen and oxygen atoms in total. The van der Waals surface area contributed by atoms with Crippen molar-refractivity contribution in [2.24, 2.45) is 5.92 Å². The van der Waals surface area contributed by atoms with Crippen molar-refractivity contribution in [3.05, 3.63) is 35.4 Å². The van der Waals surface area contributed by atoms with Gasteiger partial charge < -0.3 is 20.3 Å². The van der Waals surface area contributed by atoms with Gasteiger partial charge in [-0.15, -0.1) is 0 Å². The van der Waals surface area contributed by atoms with Crippen LogP contribution in [-0.4, -0.2) is 52.8 Å². The van der Waals surface area contributed by atoms with Crippen LogP contribution < -0.4 is 10.6 Å². The Hall–Kier alpha value is -2.22. The smallest absolute Gasteiger partial charge is 0.408 e. The van der Waals surface area contributed by atoms with Crippen LogP contribution in [0.1, 0.15) is 91.3 Å². The number of benzene rings is 1. The van der Waals surface area contributed by atoms with E-state index in [1.807, 2.05) is 38.1 Å². The lowest BCUT2D eigenvalue weighted by atomic mass is 9.96. The van der Waals surface area contributed by atoms with E-state index in [1.54, 1.807) is 25.7 Å². The summed E-state index contributed by atoms with van der Waals surface area (Å²) in [6.07, 6.45) is 2.73. The number of carbonyl (C=O) groups is 3. The first-order chi connectivity index (χ1) is 16.8. The third-order valence-electron chi connectivity index (χ3n) is 5.78. The molecule has 0 aliphatic heterocycles. The van der Waals surface area contributed by atoms with E-state index in [2.05, 4.69) is 44.0 Å². The molecule has 3 amide bonds. The van der Waals surface area contributed by atoms with Crippen LogP contribution in [0.5, 0.6) is 0 Å². The van der Waals surface area contributed by atoms with Crippen molar-refractivity contribution in [1.82, 2.24) is 15.5 Å². The van der Waals surface area contributed by atoms with E-state index in [1.165, 1.54) is 0 Å². The fourth-order valence-electron chi connectivity index (χ4n) is 3.89. The molecule has 1 aromatic rings. The molecule has 2 N–H and O–H groups in total. The van der Waals surface area contributed by atoms with Gasteiger partial charge in [-0.25, -0.2) is 4.79 Å². The summed E-state index contributed by atoms with van der Waals surface area (Å²) in [6.45, 7) is 16.1. The van der Waals surface area contributed by atoms with Gasteiger partial charge in [0.15, 0.2) is 0 Å². The van der Waals surface area contributed by atoms with Crippen LogP contribution in [0.2, 0.25) is 0 Å². The minimum absolute atomic E-state index is 0.0729. The van der Waals surface area contributed by atoms with Gasteiger partial charge >= 0.3 is 6.09 Å². The maximum atomic E-state index is 14.0. The van der Waals surface area contributed by atoms with Gasteiger partial charge in [0.25, 0.3) is 0 Å². The second kappa shape index (κ2) is 15.1. The summed E-state index contributed by atoms with van der Waals surface area (Å²) in [4.78, 5) is 41.8. The van der Waals surface area contributed by atoms with Crippen LogP contribution in [0, 0.1) is 12.8 Å². The highest BCUT2D eigenvalue weighted by atomic mass is 32.1. The number of alkyl carbamates (subject to hydrolysis) is 1. The number of aryl methyl sites for hydroxylation is 1. The highest BCUT2D eigenvalue weighted by Gasteiger charge is 2.38. The van der Waals surface area contributed by atoms with Gasteiger partial charge in [-0.05, 0) is 65.4 Å². The van der Waals surface area contributed by atoms with Crippen LogP contribution in [0.15, 0.2) is 24.3 Å². The van der Waals surface area contributed by atoms with E-state index in [0.717, 1.165) is 36.8 Å². The third-order valence-corrected chi connectivity index (χ3v) is 6.14. The average Bonchev–Trinajstić information content (AvgIpc) is 2.77. The third kappa shape index (κ3) is 10.8. The van der Waals surface area contributed by atoms with Crippen LogP contribution in [0.4, 0.5) is 4.79 Å². The van der Waals surface area contributed by atoms with Crippen molar-refractivity contribution in [2.75, 3.05) is 12.3 Å². The number of amides is 3. The number of hydrogen-bond donors (Lipinski definition) is 3. The topological polar surface area (TPSA) is 87.7 Å². The zero-order valence-electron chi connectivity index (χ0n) is 23.4. The maximum absolute atomic E-state index is 14.0. The van der Waals surface area contributed by atoms with E-state index in [9.17, 15) is 14.4 Å². The second-order valence-corrected chi connectivity index (χ2v) is 11.3. The molecule has 0 aliphatic rings. The number of nitrogens with one attached hydrogen (secondary N) is 2. The standard InChI is InChI=1S/C28H47N3O4S/c1-9-10-16-29-25(32)24(22-13-11-12-20(4)17-22)31(21(5)15-14-19(2)3)26(33)23(18-36)30-27(34)35-28(6,7)8/h11-13,17,19,21,23-24,36H,9-10,14-16,18H2,1-8H3,(H,29,32)(H,30,34). The highest BCUT2D eigenvalue weighted by molar-refractivity contribution is 7.80. The molecule has 0 aliphatic carbocycles. The zero-order valence-corrected chi connectivity index (χ0v) is 24.3. The molecule has 1 rings (SSSR count). The van der Waals surface area contributed by atoms with Crippen LogP contribution in [-0.2, 0) is 14.3 Å². The zero-order chi connectivity index (χ0) is 27.5. The fourth-order valence-corrected chi connectivity index (χ4v) is 4.14. The normalized spacial score (nSPS) is 14.1. The van der Waals surface area contributed by atoms with E-state index in [0.29, 0.717) is 12.5 Å². The number of thiol groups is 1. The predicted octanol–water partition coefficient (Wildman–Crippen LogP) is 5.43. The summed E-state index contributed by atoms with van der Waals surface area (Å²) in [5.74, 6) is -0.0669. The first-order valence-electron chi connectivity index (χ1n) is 13.1. The van der Waals surface area contributed by atoms with Crippen molar-refractivity contribution >= 4 is 30.5 Å². The molecule has 0 saturated heterocycles. The first kappa shape index (κ1) is 31.8. The van der Waals surface area contributed by atoms with E-state index in [4.69, 9.17) is 4.74 Å². The van der Waals surface area contributed by atoms with Crippen molar-refractivity contribution < 1.29 is 19.1 Å². The molecule has 0 saturated carbocycles. The molecule has 0 fully saturated rings. The van der Waals surface area contributed by atoms with Crippen molar-refractivity contribution in [1.29, 1.82) is 0 Å². The molecule has 204 valence electrons. The molecule has 8 heteroatoms. The Kier molecular flexibility index (Phi) is 13.4. The van der Waals surface area contributed by atoms with Crippen LogP contribution >= 0.6 is 12.6 Å². The largest absolute Gasteiger partial charge is 0.444 e. The van der Waals surface area contributed by atoms with E-state index >= 15 is 0 Å². The molecule has 3 unspecified atom stereocenters. The summed E-state index contributed by atoms with van der Waals surface area (Å²) in [5.41, 5.74) is 1.03. The highest BCUT2D eigenvalue weighted by Crippen LogP contribution is 2.28. The molecule has 1 aromatic carbocycles. The minimum Gasteiger partial charge on any atom is -0.444 e. The number of rotatable bonds is 13. The summed E-state index contributed by atoms with van der Waals surface area (Å²) in [5, 5.41) is 5.69. The van der Waals surface area contributed by atoms with Gasteiger partial charge in [0.05, 0.1) is 0 Å². The molecule has 36 heavy (non-hydrogen) atoms. The predicted molar refractivity (Wildman–Crippen MR) is 149 cm³/mol. The number of carbonyl (C=O) groups excluding carboxylic acids is 3. The minimum atomic E-state index is -0.944. The van der Waals surface area contributed by atoms with Gasteiger partial charge in [-0.3, -0.25) is 9.59 Å². The molecular formula is C28H47N3O4S. The Balaban J connectivity index is 3.47. The van der Waals surface area contributed by atoms with E-state index in [-0.39, 0.29) is 23.6 Å². The summed E-state index contributed by atoms with van der Waals surface area (Å²) in [7, 11) is 0. The Morgan fingerprint density at radius 3 is 2.31 bits per heavy atom. The number of ether oxygens (including phenoxy) is 1. The number of nitrogens with zero attached hydrogens (tertiary/aromatic N) is 1. The molecule has 0 radical (unpaired) electrons. The SMILES string of the molecule is CCCCNC(=O)C(c1cccc(C)c1)N(C(=O)C(CS)NC(=O)OC(C)(C)C)C(C)CCC(C)C. The quantitative estimate of drug-likeness (QED) is 0.239. The summed E-state index contributed by atoms with van der Waals surface area (Å²) >= 11 is 4.36. The number of hydrogen-bond acceptors (Lipinski definition) is 5. The first-order valence-corrected chi connectivity index (χ1v) is 13.7. The van der Waals surface area contributed by atoms with Crippen molar-refractivity contribution in [3.63, 3.8) is 0 Å².